The van der Waals surface area contributed by atoms with E-state index in [9.17, 15) is 0 Å². The molecule has 4 nitrogen and oxygen atoms in total. The van der Waals surface area contributed by atoms with Gasteiger partial charge in [0.1, 0.15) is 5.82 Å². The molecule has 0 saturated heterocycles. The lowest BCUT2D eigenvalue weighted by Gasteiger charge is -2.25. The number of aromatic nitrogens is 2. The molecule has 1 aliphatic carbocycles. The van der Waals surface area contributed by atoms with E-state index >= 15 is 0 Å². The molecule has 20 heavy (non-hydrogen) atoms. The molecule has 1 saturated carbocycles. The van der Waals surface area contributed by atoms with Gasteiger partial charge in [-0.25, -0.2) is 0 Å². The second-order valence-electron chi connectivity index (χ2n) is 5.17. The van der Waals surface area contributed by atoms with Gasteiger partial charge in [0.2, 0.25) is 0 Å². The van der Waals surface area contributed by atoms with Crippen molar-refractivity contribution >= 4 is 5.82 Å². The van der Waals surface area contributed by atoms with Gasteiger partial charge in [-0.15, -0.1) is 10.2 Å². The van der Waals surface area contributed by atoms with Crippen LogP contribution >= 0.6 is 0 Å². The zero-order valence-electron chi connectivity index (χ0n) is 11.2. The molecule has 0 unspecified atom stereocenters. The standard InChI is InChI=1S/C16H16N4/c17-10-13-5-2-6-14(9-13)15-7-8-16(20-19-15)18-11-12-3-1-4-12/h2,5-9,12H,1,3-4,11H2,(H,18,20). The maximum atomic E-state index is 8.91. The third-order valence-electron chi connectivity index (χ3n) is 3.75. The summed E-state index contributed by atoms with van der Waals surface area (Å²) in [5, 5.41) is 20.7. The molecular weight excluding hydrogens is 248 g/mol. The summed E-state index contributed by atoms with van der Waals surface area (Å²) in [4.78, 5) is 0. The van der Waals surface area contributed by atoms with Crippen LogP contribution in [0.25, 0.3) is 11.3 Å². The van der Waals surface area contributed by atoms with Gasteiger partial charge in [-0.1, -0.05) is 18.6 Å². The summed E-state index contributed by atoms with van der Waals surface area (Å²) in [5.74, 6) is 1.61. The van der Waals surface area contributed by atoms with Crippen molar-refractivity contribution in [2.45, 2.75) is 19.3 Å². The van der Waals surface area contributed by atoms with Gasteiger partial charge in [-0.05, 0) is 43.0 Å². The number of hydrogen-bond acceptors (Lipinski definition) is 4. The third-order valence-corrected chi connectivity index (χ3v) is 3.75. The van der Waals surface area contributed by atoms with E-state index in [1.165, 1.54) is 19.3 Å². The summed E-state index contributed by atoms with van der Waals surface area (Å²) < 4.78 is 0. The van der Waals surface area contributed by atoms with E-state index in [0.717, 1.165) is 29.5 Å². The van der Waals surface area contributed by atoms with Gasteiger partial charge in [-0.3, -0.25) is 0 Å². The van der Waals surface area contributed by atoms with Crippen LogP contribution in [-0.4, -0.2) is 16.7 Å². The predicted octanol–water partition coefficient (Wildman–Crippen LogP) is 3.23. The fourth-order valence-electron chi connectivity index (χ4n) is 2.27. The maximum Gasteiger partial charge on any atom is 0.148 e. The molecule has 1 heterocycles. The van der Waals surface area contributed by atoms with Crippen LogP contribution in [0, 0.1) is 17.2 Å². The average Bonchev–Trinajstić information content (AvgIpc) is 2.46. The molecule has 100 valence electrons. The van der Waals surface area contributed by atoms with Gasteiger partial charge in [0.15, 0.2) is 0 Å². The summed E-state index contributed by atoms with van der Waals surface area (Å²) in [7, 11) is 0. The van der Waals surface area contributed by atoms with Crippen molar-refractivity contribution in [3.05, 3.63) is 42.0 Å². The minimum absolute atomic E-state index is 0.636. The Morgan fingerprint density at radius 1 is 1.20 bits per heavy atom. The number of nitrogens with one attached hydrogen (secondary N) is 1. The summed E-state index contributed by atoms with van der Waals surface area (Å²) >= 11 is 0. The second-order valence-corrected chi connectivity index (χ2v) is 5.17. The highest BCUT2D eigenvalue weighted by molar-refractivity contribution is 5.61. The Kier molecular flexibility index (Phi) is 3.60. The van der Waals surface area contributed by atoms with Crippen molar-refractivity contribution in [2.75, 3.05) is 11.9 Å². The Morgan fingerprint density at radius 2 is 2.10 bits per heavy atom. The van der Waals surface area contributed by atoms with E-state index in [1.807, 2.05) is 30.3 Å². The minimum Gasteiger partial charge on any atom is -0.368 e. The molecule has 0 bridgehead atoms. The van der Waals surface area contributed by atoms with Crippen molar-refractivity contribution in [1.29, 1.82) is 5.26 Å². The van der Waals surface area contributed by atoms with Crippen LogP contribution in [0.5, 0.6) is 0 Å². The fraction of sp³-hybridized carbons (Fsp3) is 0.312. The lowest BCUT2D eigenvalue weighted by atomic mass is 9.85. The molecule has 1 fully saturated rings. The SMILES string of the molecule is N#Cc1cccc(-c2ccc(NCC3CCC3)nn2)c1. The van der Waals surface area contributed by atoms with Crippen LogP contribution in [0.2, 0.25) is 0 Å². The van der Waals surface area contributed by atoms with E-state index in [1.54, 1.807) is 6.07 Å². The monoisotopic (exact) mass is 264 g/mol. The third kappa shape index (κ3) is 2.77. The van der Waals surface area contributed by atoms with Crippen LogP contribution < -0.4 is 5.32 Å². The van der Waals surface area contributed by atoms with Crippen LogP contribution in [0.15, 0.2) is 36.4 Å². The molecular formula is C16H16N4. The predicted molar refractivity (Wildman–Crippen MR) is 78.0 cm³/mol. The van der Waals surface area contributed by atoms with Crippen LogP contribution in [0.1, 0.15) is 24.8 Å². The summed E-state index contributed by atoms with van der Waals surface area (Å²) in [6.07, 6.45) is 3.99. The normalized spacial score (nSPS) is 14.3. The molecule has 1 aliphatic rings. The van der Waals surface area contributed by atoms with E-state index in [4.69, 9.17) is 5.26 Å². The molecule has 0 radical (unpaired) electrons. The molecule has 0 spiro atoms. The van der Waals surface area contributed by atoms with Crippen LogP contribution in [0.3, 0.4) is 0 Å². The number of rotatable bonds is 4. The Labute approximate surface area is 118 Å². The summed E-state index contributed by atoms with van der Waals surface area (Å²) in [6, 6.07) is 13.4. The smallest absolute Gasteiger partial charge is 0.148 e. The second kappa shape index (κ2) is 5.70. The summed E-state index contributed by atoms with van der Waals surface area (Å²) in [6.45, 7) is 0.984. The van der Waals surface area contributed by atoms with E-state index in [-0.39, 0.29) is 0 Å². The highest BCUT2D eigenvalue weighted by atomic mass is 15.2. The minimum atomic E-state index is 0.636. The van der Waals surface area contributed by atoms with Gasteiger partial charge < -0.3 is 5.32 Å². The van der Waals surface area contributed by atoms with Crippen molar-refractivity contribution in [2.24, 2.45) is 5.92 Å². The lowest BCUT2D eigenvalue weighted by molar-refractivity contribution is 0.333. The Morgan fingerprint density at radius 3 is 2.75 bits per heavy atom. The van der Waals surface area contributed by atoms with E-state index in [2.05, 4.69) is 21.6 Å². The molecule has 2 aromatic rings. The number of anilines is 1. The number of nitriles is 1. The van der Waals surface area contributed by atoms with Gasteiger partial charge in [-0.2, -0.15) is 5.26 Å². The van der Waals surface area contributed by atoms with Gasteiger partial charge in [0.05, 0.1) is 17.3 Å². The van der Waals surface area contributed by atoms with Crippen molar-refractivity contribution in [3.8, 4) is 17.3 Å². The number of hydrogen-bond donors (Lipinski definition) is 1. The molecule has 4 heteroatoms. The number of nitrogens with zero attached hydrogens (tertiary/aromatic N) is 3. The Hall–Kier alpha value is -2.41. The van der Waals surface area contributed by atoms with Gasteiger partial charge >= 0.3 is 0 Å². The van der Waals surface area contributed by atoms with Crippen molar-refractivity contribution < 1.29 is 0 Å². The highest BCUT2D eigenvalue weighted by Gasteiger charge is 2.16. The lowest BCUT2D eigenvalue weighted by Crippen LogP contribution is -2.21. The summed E-state index contributed by atoms with van der Waals surface area (Å²) in [5.41, 5.74) is 2.34. The fourth-order valence-corrected chi connectivity index (χ4v) is 2.27. The zero-order valence-corrected chi connectivity index (χ0v) is 11.2. The van der Waals surface area contributed by atoms with Crippen LogP contribution in [0.4, 0.5) is 5.82 Å². The average molecular weight is 264 g/mol. The molecule has 0 atom stereocenters. The first-order valence-corrected chi connectivity index (χ1v) is 6.93. The first kappa shape index (κ1) is 12.6. The molecule has 1 aromatic heterocycles. The molecule has 1 aromatic carbocycles. The van der Waals surface area contributed by atoms with Crippen molar-refractivity contribution in [1.82, 2.24) is 10.2 Å². The largest absolute Gasteiger partial charge is 0.368 e. The van der Waals surface area contributed by atoms with E-state index < -0.39 is 0 Å². The quantitative estimate of drug-likeness (QED) is 0.921. The molecule has 0 amide bonds. The van der Waals surface area contributed by atoms with Gasteiger partial charge in [0.25, 0.3) is 0 Å². The maximum absolute atomic E-state index is 8.91. The van der Waals surface area contributed by atoms with Crippen LogP contribution in [-0.2, 0) is 0 Å². The Balaban J connectivity index is 1.69. The van der Waals surface area contributed by atoms with E-state index in [0.29, 0.717) is 5.56 Å². The topological polar surface area (TPSA) is 61.6 Å². The first-order valence-electron chi connectivity index (χ1n) is 6.93. The molecule has 1 N–H and O–H groups in total. The molecule has 3 rings (SSSR count). The zero-order chi connectivity index (χ0) is 13.8. The highest BCUT2D eigenvalue weighted by Crippen LogP contribution is 2.26. The van der Waals surface area contributed by atoms with Gasteiger partial charge in [0, 0.05) is 12.1 Å². The Bertz CT molecular complexity index is 624. The van der Waals surface area contributed by atoms with Crippen molar-refractivity contribution in [3.63, 3.8) is 0 Å². The molecule has 0 aliphatic heterocycles. The number of benzene rings is 1. The first-order chi connectivity index (χ1) is 9.85.